The molecule has 2 N–H and O–H groups in total. The number of para-hydroxylation sites is 1. The molecular formula is C15H12BrNO3. The summed E-state index contributed by atoms with van der Waals surface area (Å²) in [4.78, 5) is 23.6. The van der Waals surface area contributed by atoms with Gasteiger partial charge < -0.3 is 9.56 Å². The van der Waals surface area contributed by atoms with Crippen LogP contribution in [0.25, 0.3) is 0 Å². The van der Waals surface area contributed by atoms with E-state index in [2.05, 4.69) is 20.1 Å². The van der Waals surface area contributed by atoms with Crippen molar-refractivity contribution in [1.29, 1.82) is 0 Å². The maximum absolute atomic E-state index is 12.4. The number of benzene rings is 2. The Morgan fingerprint density at radius 2 is 1.75 bits per heavy atom. The first-order chi connectivity index (χ1) is 9.63. The van der Waals surface area contributed by atoms with Crippen molar-refractivity contribution in [2.45, 2.75) is 6.42 Å². The molecule has 0 saturated heterocycles. The summed E-state index contributed by atoms with van der Waals surface area (Å²) >= 11 is 2.62. The molecule has 5 heteroatoms. The molecule has 102 valence electrons. The van der Waals surface area contributed by atoms with Crippen LogP contribution in [-0.2, 0) is 15.0 Å². The zero-order valence-corrected chi connectivity index (χ0v) is 12.1. The van der Waals surface area contributed by atoms with Gasteiger partial charge in [-0.3, -0.25) is 9.59 Å². The molecule has 2 rings (SSSR count). The first-order valence-corrected chi connectivity index (χ1v) is 6.56. The van der Waals surface area contributed by atoms with Crippen molar-refractivity contribution >= 4 is 33.7 Å². The fourth-order valence-electron chi connectivity index (χ4n) is 1.89. The lowest BCUT2D eigenvalue weighted by Gasteiger charge is -2.09. The number of hydrogen-bond donors (Lipinski definition) is 1. The fourth-order valence-corrected chi connectivity index (χ4v) is 2.01. The second-order valence-electron chi connectivity index (χ2n) is 4.20. The number of nitrogen functional groups attached to an aromatic ring is 1. The van der Waals surface area contributed by atoms with Gasteiger partial charge in [0.1, 0.15) is 0 Å². The van der Waals surface area contributed by atoms with Crippen LogP contribution >= 0.6 is 16.3 Å². The summed E-state index contributed by atoms with van der Waals surface area (Å²) < 4.78 is 4.43. The molecule has 0 aliphatic rings. The largest absolute Gasteiger partial charge is 0.398 e. The van der Waals surface area contributed by atoms with Crippen molar-refractivity contribution in [2.75, 3.05) is 5.73 Å². The molecule has 0 heterocycles. The summed E-state index contributed by atoms with van der Waals surface area (Å²) in [7, 11) is 0. The fraction of sp³-hybridized carbons (Fsp3) is 0.0667. The number of rotatable bonds is 4. The van der Waals surface area contributed by atoms with E-state index in [1.54, 1.807) is 42.5 Å². The van der Waals surface area contributed by atoms with Crippen LogP contribution in [0, 0.1) is 0 Å². The smallest absolute Gasteiger partial charge is 0.321 e. The first-order valence-electron chi connectivity index (χ1n) is 5.92. The number of carbonyl (C=O) groups excluding carboxylic acids is 2. The highest BCUT2D eigenvalue weighted by atomic mass is 79.9. The zero-order chi connectivity index (χ0) is 14.5. The van der Waals surface area contributed by atoms with E-state index in [0.29, 0.717) is 22.4 Å². The molecule has 0 atom stereocenters. The molecule has 0 aliphatic carbocycles. The van der Waals surface area contributed by atoms with E-state index in [0.717, 1.165) is 0 Å². The predicted octanol–water partition coefficient (Wildman–Crippen LogP) is 2.90. The van der Waals surface area contributed by atoms with Gasteiger partial charge in [0, 0.05) is 16.8 Å². The minimum Gasteiger partial charge on any atom is -0.398 e. The van der Waals surface area contributed by atoms with E-state index in [9.17, 15) is 9.59 Å². The molecule has 0 aromatic heterocycles. The molecule has 4 nitrogen and oxygen atoms in total. The van der Waals surface area contributed by atoms with Crippen LogP contribution in [0.4, 0.5) is 5.69 Å². The number of hydrogen-bond acceptors (Lipinski definition) is 4. The molecule has 0 bridgehead atoms. The quantitative estimate of drug-likeness (QED) is 0.689. The van der Waals surface area contributed by atoms with E-state index in [-0.39, 0.29) is 12.2 Å². The molecular weight excluding hydrogens is 322 g/mol. The maximum Gasteiger partial charge on any atom is 0.321 e. The molecule has 0 fully saturated rings. The first kappa shape index (κ1) is 14.3. The molecule has 2 aromatic carbocycles. The lowest BCUT2D eigenvalue weighted by Crippen LogP contribution is -2.10. The number of ketones is 1. The van der Waals surface area contributed by atoms with Crippen molar-refractivity contribution in [3.63, 3.8) is 0 Å². The zero-order valence-electron chi connectivity index (χ0n) is 10.5. The van der Waals surface area contributed by atoms with Crippen molar-refractivity contribution < 1.29 is 13.4 Å². The molecule has 0 unspecified atom stereocenters. The van der Waals surface area contributed by atoms with Gasteiger partial charge >= 0.3 is 5.97 Å². The summed E-state index contributed by atoms with van der Waals surface area (Å²) in [5.41, 5.74) is 7.79. The molecule has 0 spiro atoms. The maximum atomic E-state index is 12.4. The minimum absolute atomic E-state index is 0.00694. The van der Waals surface area contributed by atoms with Crippen molar-refractivity contribution in [2.24, 2.45) is 0 Å². The van der Waals surface area contributed by atoms with Gasteiger partial charge in [-0.25, -0.2) is 0 Å². The van der Waals surface area contributed by atoms with Gasteiger partial charge in [0.15, 0.2) is 22.0 Å². The average Bonchev–Trinajstić information content (AvgIpc) is 2.49. The Bertz CT molecular complexity index is 641. The third-order valence-corrected chi connectivity index (χ3v) is 3.26. The van der Waals surface area contributed by atoms with Crippen LogP contribution < -0.4 is 5.73 Å². The normalized spacial score (nSPS) is 10.1. The summed E-state index contributed by atoms with van der Waals surface area (Å²) in [6.45, 7) is 0. The van der Waals surface area contributed by atoms with E-state index in [1.807, 2.05) is 6.07 Å². The third-order valence-electron chi connectivity index (χ3n) is 2.90. The molecule has 2 aromatic rings. The topological polar surface area (TPSA) is 69.4 Å². The van der Waals surface area contributed by atoms with E-state index in [4.69, 9.17) is 5.73 Å². The summed E-state index contributed by atoms with van der Waals surface area (Å²) in [5, 5.41) is 0. The highest BCUT2D eigenvalue weighted by Crippen LogP contribution is 2.21. The summed E-state index contributed by atoms with van der Waals surface area (Å²) in [5.74, 6) is -0.641. The SMILES string of the molecule is Nc1c(CC(=O)OBr)cccc1C(=O)c1ccccc1. The summed E-state index contributed by atoms with van der Waals surface area (Å²) in [6.07, 6.45) is 0.00694. The van der Waals surface area contributed by atoms with Crippen molar-refractivity contribution in [1.82, 2.24) is 0 Å². The number of halogens is 1. The standard InChI is InChI=1S/C15H12BrNO3/c16-20-13(18)9-11-7-4-8-12(14(11)17)15(19)10-5-2-1-3-6-10/h1-8H,9,17H2. The van der Waals surface area contributed by atoms with Crippen LogP contribution in [0.1, 0.15) is 21.5 Å². The average molecular weight is 334 g/mol. The van der Waals surface area contributed by atoms with Gasteiger partial charge in [-0.05, 0) is 11.6 Å². The molecule has 20 heavy (non-hydrogen) atoms. The Balaban J connectivity index is 2.36. The van der Waals surface area contributed by atoms with Crippen molar-refractivity contribution in [3.8, 4) is 0 Å². The molecule has 0 aliphatic heterocycles. The third kappa shape index (κ3) is 3.05. The van der Waals surface area contributed by atoms with Gasteiger partial charge in [-0.1, -0.05) is 42.5 Å². The van der Waals surface area contributed by atoms with Crippen LogP contribution in [0.2, 0.25) is 0 Å². The number of carbonyl (C=O) groups is 2. The van der Waals surface area contributed by atoms with Crippen LogP contribution in [0.3, 0.4) is 0 Å². The minimum atomic E-state index is -0.471. The lowest BCUT2D eigenvalue weighted by molar-refractivity contribution is -0.131. The Kier molecular flexibility index (Phi) is 4.53. The molecule has 0 saturated carbocycles. The lowest BCUT2D eigenvalue weighted by atomic mass is 9.98. The van der Waals surface area contributed by atoms with Crippen LogP contribution in [-0.4, -0.2) is 11.8 Å². The van der Waals surface area contributed by atoms with Gasteiger partial charge in [0.2, 0.25) is 0 Å². The van der Waals surface area contributed by atoms with E-state index >= 15 is 0 Å². The van der Waals surface area contributed by atoms with Crippen molar-refractivity contribution in [3.05, 3.63) is 65.2 Å². The van der Waals surface area contributed by atoms with Gasteiger partial charge in [-0.2, -0.15) is 0 Å². The molecule has 0 amide bonds. The van der Waals surface area contributed by atoms with Gasteiger partial charge in [0.25, 0.3) is 0 Å². The Morgan fingerprint density at radius 1 is 1.05 bits per heavy atom. The Labute approximate surface area is 125 Å². The van der Waals surface area contributed by atoms with Crippen LogP contribution in [0.15, 0.2) is 48.5 Å². The van der Waals surface area contributed by atoms with Crippen LogP contribution in [0.5, 0.6) is 0 Å². The van der Waals surface area contributed by atoms with E-state index < -0.39 is 5.97 Å². The summed E-state index contributed by atoms with van der Waals surface area (Å²) in [6, 6.07) is 13.9. The Morgan fingerprint density at radius 3 is 2.40 bits per heavy atom. The second-order valence-corrected chi connectivity index (χ2v) is 4.52. The van der Waals surface area contributed by atoms with Gasteiger partial charge in [-0.15, -0.1) is 0 Å². The van der Waals surface area contributed by atoms with Gasteiger partial charge in [0.05, 0.1) is 6.42 Å². The van der Waals surface area contributed by atoms with E-state index in [1.165, 1.54) is 0 Å². The highest BCUT2D eigenvalue weighted by Gasteiger charge is 2.16. The second kappa shape index (κ2) is 6.34. The monoisotopic (exact) mass is 333 g/mol. The highest BCUT2D eigenvalue weighted by molar-refractivity contribution is 9.06. The molecule has 0 radical (unpaired) electrons. The predicted molar refractivity (Wildman–Crippen MR) is 79.5 cm³/mol. The number of anilines is 1. The number of nitrogens with two attached hydrogens (primary N) is 1. The Hall–Kier alpha value is -2.14.